The summed E-state index contributed by atoms with van der Waals surface area (Å²) in [6, 6.07) is 0. The van der Waals surface area contributed by atoms with Gasteiger partial charge < -0.3 is 14.8 Å². The molecule has 2 N–H and O–H groups in total. The van der Waals surface area contributed by atoms with Gasteiger partial charge in [0.2, 0.25) is 0 Å². The van der Waals surface area contributed by atoms with Crippen molar-refractivity contribution in [1.29, 1.82) is 0 Å². The van der Waals surface area contributed by atoms with Gasteiger partial charge in [-0.2, -0.15) is 0 Å². The van der Waals surface area contributed by atoms with E-state index < -0.39 is 7.12 Å². The first-order chi connectivity index (χ1) is 5.67. The van der Waals surface area contributed by atoms with Crippen molar-refractivity contribution in [2.24, 2.45) is 0 Å². The molecular formula is C8H13BO3. The first-order valence-corrected chi connectivity index (χ1v) is 3.65. The predicted molar refractivity (Wildman–Crippen MR) is 49.2 cm³/mol. The third-order valence-corrected chi connectivity index (χ3v) is 1.27. The van der Waals surface area contributed by atoms with Crippen LogP contribution in [0.3, 0.4) is 0 Å². The molecule has 4 heteroatoms. The van der Waals surface area contributed by atoms with Crippen molar-refractivity contribution in [3.63, 3.8) is 0 Å². The average Bonchev–Trinajstić information content (AvgIpc) is 2.03. The van der Waals surface area contributed by atoms with E-state index in [0.29, 0.717) is 12.4 Å². The lowest BCUT2D eigenvalue weighted by atomic mass is 9.78. The molecule has 0 aromatic rings. The van der Waals surface area contributed by atoms with Crippen LogP contribution < -0.4 is 0 Å². The van der Waals surface area contributed by atoms with Crippen LogP contribution in [0.15, 0.2) is 36.5 Å². The van der Waals surface area contributed by atoms with Gasteiger partial charge in [0.15, 0.2) is 0 Å². The highest BCUT2D eigenvalue weighted by Crippen LogP contribution is 2.09. The lowest BCUT2D eigenvalue weighted by molar-refractivity contribution is 0.240. The summed E-state index contributed by atoms with van der Waals surface area (Å²) < 4.78 is 5.08. The lowest BCUT2D eigenvalue weighted by Gasteiger charge is -2.08. The fourth-order valence-electron chi connectivity index (χ4n) is 0.749. The highest BCUT2D eigenvalue weighted by Gasteiger charge is 2.15. The van der Waals surface area contributed by atoms with Crippen molar-refractivity contribution in [3.05, 3.63) is 36.5 Å². The van der Waals surface area contributed by atoms with Crippen LogP contribution >= 0.6 is 0 Å². The fourth-order valence-corrected chi connectivity index (χ4v) is 0.749. The van der Waals surface area contributed by atoms with E-state index in [1.165, 1.54) is 12.2 Å². The predicted octanol–water partition coefficient (Wildman–Crippen LogP) is 0.661. The maximum atomic E-state index is 8.84. The number of rotatable bonds is 5. The number of hydrogen-bond donors (Lipinski definition) is 2. The Labute approximate surface area is 72.8 Å². The molecule has 0 radical (unpaired) electrons. The molecule has 12 heavy (non-hydrogen) atoms. The molecule has 66 valence electrons. The van der Waals surface area contributed by atoms with Crippen LogP contribution in [-0.4, -0.2) is 23.8 Å². The van der Waals surface area contributed by atoms with Crippen LogP contribution in [0, 0.1) is 0 Å². The molecule has 0 aliphatic rings. The van der Waals surface area contributed by atoms with Gasteiger partial charge >= 0.3 is 7.12 Å². The van der Waals surface area contributed by atoms with Gasteiger partial charge in [-0.05, 0) is 13.0 Å². The minimum absolute atomic E-state index is 0.229. The van der Waals surface area contributed by atoms with Crippen LogP contribution in [0.4, 0.5) is 0 Å². The normalized spacial score (nSPS) is 11.6. The average molecular weight is 168 g/mol. The smallest absolute Gasteiger partial charge is 0.492 e. The largest absolute Gasteiger partial charge is 0.494 e. The molecule has 0 spiro atoms. The summed E-state index contributed by atoms with van der Waals surface area (Å²) in [4.78, 5) is 0. The van der Waals surface area contributed by atoms with E-state index in [0.717, 1.165) is 0 Å². The highest BCUT2D eigenvalue weighted by molar-refractivity contribution is 6.52. The van der Waals surface area contributed by atoms with Crippen LogP contribution in [0.1, 0.15) is 6.92 Å². The van der Waals surface area contributed by atoms with Gasteiger partial charge in [-0.1, -0.05) is 19.2 Å². The van der Waals surface area contributed by atoms with E-state index in [1.807, 2.05) is 0 Å². The third kappa shape index (κ3) is 2.94. The Bertz CT molecular complexity index is 196. The molecule has 0 aromatic carbocycles. The SMILES string of the molecule is C=C/C(OCC)=C(\C=C)B(O)O. The van der Waals surface area contributed by atoms with Gasteiger partial charge in [0.05, 0.1) is 6.61 Å². The molecule has 0 atom stereocenters. The summed E-state index contributed by atoms with van der Waals surface area (Å²) in [6.45, 7) is 9.16. The zero-order valence-electron chi connectivity index (χ0n) is 7.16. The van der Waals surface area contributed by atoms with E-state index in [4.69, 9.17) is 14.8 Å². The molecule has 0 unspecified atom stereocenters. The molecule has 0 amide bonds. The van der Waals surface area contributed by atoms with E-state index in [2.05, 4.69) is 13.2 Å². The molecule has 0 heterocycles. The second-order valence-electron chi connectivity index (χ2n) is 2.03. The number of hydrogen-bond acceptors (Lipinski definition) is 3. The monoisotopic (exact) mass is 168 g/mol. The van der Waals surface area contributed by atoms with Crippen molar-refractivity contribution in [2.45, 2.75) is 6.92 Å². The Morgan fingerprint density at radius 3 is 2.25 bits per heavy atom. The molecule has 0 aromatic heterocycles. The van der Waals surface area contributed by atoms with Crippen molar-refractivity contribution in [2.75, 3.05) is 6.61 Å². The minimum atomic E-state index is -1.57. The van der Waals surface area contributed by atoms with E-state index in [9.17, 15) is 0 Å². The maximum absolute atomic E-state index is 8.84. The van der Waals surface area contributed by atoms with Crippen molar-refractivity contribution in [3.8, 4) is 0 Å². The van der Waals surface area contributed by atoms with Crippen molar-refractivity contribution < 1.29 is 14.8 Å². The standard InChI is InChI=1S/C8H13BO3/c1-4-7(9(10)11)8(5-2)12-6-3/h4-5,10-11H,1-2,6H2,3H3/b8-7-. The molecule has 0 bridgehead atoms. The van der Waals surface area contributed by atoms with E-state index in [1.54, 1.807) is 6.92 Å². The van der Waals surface area contributed by atoms with Gasteiger partial charge in [-0.15, -0.1) is 0 Å². The Kier molecular flexibility index (Phi) is 5.16. The summed E-state index contributed by atoms with van der Waals surface area (Å²) in [5, 5.41) is 17.7. The Morgan fingerprint density at radius 1 is 1.42 bits per heavy atom. The summed E-state index contributed by atoms with van der Waals surface area (Å²) in [6.07, 6.45) is 2.75. The van der Waals surface area contributed by atoms with Gasteiger partial charge in [0.25, 0.3) is 0 Å². The zero-order chi connectivity index (χ0) is 9.56. The van der Waals surface area contributed by atoms with Crippen LogP contribution in [0.2, 0.25) is 0 Å². The molecule has 0 saturated carbocycles. The Balaban J connectivity index is 4.73. The molecular weight excluding hydrogens is 155 g/mol. The third-order valence-electron chi connectivity index (χ3n) is 1.27. The zero-order valence-corrected chi connectivity index (χ0v) is 7.16. The number of allylic oxidation sites excluding steroid dienone is 3. The van der Waals surface area contributed by atoms with Crippen LogP contribution in [-0.2, 0) is 4.74 Å². The topological polar surface area (TPSA) is 49.7 Å². The van der Waals surface area contributed by atoms with E-state index in [-0.39, 0.29) is 5.47 Å². The summed E-state index contributed by atoms with van der Waals surface area (Å²) in [7, 11) is -1.57. The van der Waals surface area contributed by atoms with Gasteiger partial charge in [-0.25, -0.2) is 0 Å². The summed E-state index contributed by atoms with van der Waals surface area (Å²) in [5.74, 6) is 0.350. The van der Waals surface area contributed by atoms with Crippen LogP contribution in [0.5, 0.6) is 0 Å². The molecule has 0 aliphatic carbocycles. The summed E-state index contributed by atoms with van der Waals surface area (Å²) >= 11 is 0. The fraction of sp³-hybridized carbons (Fsp3) is 0.250. The second kappa shape index (κ2) is 5.63. The number of ether oxygens (including phenoxy) is 1. The summed E-state index contributed by atoms with van der Waals surface area (Å²) in [5.41, 5.74) is 0.229. The minimum Gasteiger partial charge on any atom is -0.494 e. The maximum Gasteiger partial charge on any atom is 0.492 e. The first kappa shape index (κ1) is 11.0. The van der Waals surface area contributed by atoms with Gasteiger partial charge in [0, 0.05) is 5.47 Å². The molecule has 0 aliphatic heterocycles. The molecule has 0 fully saturated rings. The second-order valence-corrected chi connectivity index (χ2v) is 2.03. The lowest BCUT2D eigenvalue weighted by Crippen LogP contribution is -2.16. The Morgan fingerprint density at radius 2 is 2.00 bits per heavy atom. The Hall–Kier alpha value is -0.995. The quantitative estimate of drug-likeness (QED) is 0.360. The van der Waals surface area contributed by atoms with Gasteiger partial charge in [0.1, 0.15) is 5.76 Å². The molecule has 0 rings (SSSR count). The van der Waals surface area contributed by atoms with E-state index >= 15 is 0 Å². The van der Waals surface area contributed by atoms with Gasteiger partial charge in [-0.3, -0.25) is 0 Å². The first-order valence-electron chi connectivity index (χ1n) is 3.65. The highest BCUT2D eigenvalue weighted by atomic mass is 16.5. The van der Waals surface area contributed by atoms with Crippen molar-refractivity contribution >= 4 is 7.12 Å². The molecule has 3 nitrogen and oxygen atoms in total. The van der Waals surface area contributed by atoms with Crippen LogP contribution in [0.25, 0.3) is 0 Å². The molecule has 0 saturated heterocycles. The van der Waals surface area contributed by atoms with Crippen molar-refractivity contribution in [1.82, 2.24) is 0 Å².